The number of amides is 3. The third-order valence-corrected chi connectivity index (χ3v) is 8.18. The molecule has 0 bridgehead atoms. The number of carbonyl (C=O) groups excluding carboxylic acids is 2. The Hall–Kier alpha value is -2.56. The quantitative estimate of drug-likeness (QED) is 0.442. The molecule has 2 saturated heterocycles. The lowest BCUT2D eigenvalue weighted by atomic mass is 10.0. The molecule has 3 aliphatic heterocycles. The molecule has 4 heterocycles. The lowest BCUT2D eigenvalue weighted by molar-refractivity contribution is -0.129. The van der Waals surface area contributed by atoms with E-state index in [0.29, 0.717) is 26.2 Å². The SMILES string of the molecule is CC/C=C\C1=C(S)CCN(CC(CO)CN2CCN(Cc3ccc(N4CCN(C(C)=O)CC4)cn3)C2=O)C1. The van der Waals surface area contributed by atoms with Gasteiger partial charge in [-0.05, 0) is 35.5 Å². The first-order valence-corrected chi connectivity index (χ1v) is 14.2. The zero-order chi connectivity index (χ0) is 27.1. The fourth-order valence-corrected chi connectivity index (χ4v) is 5.62. The maximum Gasteiger partial charge on any atom is 0.320 e. The molecule has 0 aliphatic carbocycles. The molecule has 0 spiro atoms. The van der Waals surface area contributed by atoms with Gasteiger partial charge < -0.3 is 24.7 Å². The summed E-state index contributed by atoms with van der Waals surface area (Å²) in [5.74, 6) is 0.134. The van der Waals surface area contributed by atoms with Crippen molar-refractivity contribution in [1.82, 2.24) is 24.6 Å². The normalized spacial score (nSPS) is 20.3. The molecule has 10 heteroatoms. The highest BCUT2D eigenvalue weighted by molar-refractivity contribution is 7.84. The van der Waals surface area contributed by atoms with Crippen LogP contribution in [0.4, 0.5) is 10.5 Å². The summed E-state index contributed by atoms with van der Waals surface area (Å²) in [5, 5.41) is 10.1. The van der Waals surface area contributed by atoms with E-state index in [1.807, 2.05) is 27.0 Å². The second-order valence-corrected chi connectivity index (χ2v) is 11.0. The van der Waals surface area contributed by atoms with E-state index in [-0.39, 0.29) is 24.5 Å². The van der Waals surface area contributed by atoms with Gasteiger partial charge in [0.25, 0.3) is 0 Å². The first-order chi connectivity index (χ1) is 18.4. The number of hydrogen-bond acceptors (Lipinski definition) is 7. The number of thiol groups is 1. The fraction of sp³-hybridized carbons (Fsp3) is 0.607. The standard InChI is InChI=1S/C28H42N6O3S/c1-3-4-5-24-19-30(9-8-27(24)38)17-23(21-35)18-33-14-15-34(28(33)37)20-25-6-7-26(16-29-25)32-12-10-31(11-13-32)22(2)36/h4-7,16,23,35,38H,3,8-15,17-21H2,1-2H3/b5-4-. The Balaban J connectivity index is 1.26. The van der Waals surface area contributed by atoms with Gasteiger partial charge in [-0.15, -0.1) is 12.6 Å². The minimum Gasteiger partial charge on any atom is -0.396 e. The molecule has 4 rings (SSSR count). The number of aliphatic hydroxyl groups excluding tert-OH is 1. The summed E-state index contributed by atoms with van der Waals surface area (Å²) in [7, 11) is 0. The van der Waals surface area contributed by atoms with E-state index in [2.05, 4.69) is 52.6 Å². The molecule has 0 saturated carbocycles. The minimum atomic E-state index is 0.0115. The maximum absolute atomic E-state index is 13.1. The number of carbonyl (C=O) groups is 2. The Kier molecular flexibility index (Phi) is 10.1. The third kappa shape index (κ3) is 7.30. The largest absolute Gasteiger partial charge is 0.396 e. The summed E-state index contributed by atoms with van der Waals surface area (Å²) < 4.78 is 0. The van der Waals surface area contributed by atoms with E-state index in [0.717, 1.165) is 74.9 Å². The van der Waals surface area contributed by atoms with Crippen LogP contribution in [0.5, 0.6) is 0 Å². The van der Waals surface area contributed by atoms with Crippen LogP contribution in [0.2, 0.25) is 0 Å². The number of aliphatic hydroxyl groups is 1. The number of rotatable bonds is 10. The van der Waals surface area contributed by atoms with E-state index >= 15 is 0 Å². The molecule has 1 aromatic rings. The molecule has 3 amide bonds. The number of pyridine rings is 1. The fourth-order valence-electron chi connectivity index (χ4n) is 5.37. The monoisotopic (exact) mass is 542 g/mol. The number of aromatic nitrogens is 1. The van der Waals surface area contributed by atoms with Crippen LogP contribution in [0.1, 0.15) is 32.4 Å². The smallest absolute Gasteiger partial charge is 0.320 e. The van der Waals surface area contributed by atoms with Gasteiger partial charge in [-0.25, -0.2) is 4.79 Å². The second kappa shape index (κ2) is 13.5. The Morgan fingerprint density at radius 2 is 1.87 bits per heavy atom. The van der Waals surface area contributed by atoms with E-state index in [1.165, 1.54) is 5.57 Å². The predicted molar refractivity (Wildman–Crippen MR) is 153 cm³/mol. The van der Waals surface area contributed by atoms with Crippen molar-refractivity contribution >= 4 is 30.3 Å². The van der Waals surface area contributed by atoms with E-state index in [4.69, 9.17) is 0 Å². The number of piperazine rings is 1. The van der Waals surface area contributed by atoms with Crippen LogP contribution in [-0.2, 0) is 11.3 Å². The predicted octanol–water partition coefficient (Wildman–Crippen LogP) is 2.45. The summed E-state index contributed by atoms with van der Waals surface area (Å²) >= 11 is 4.66. The summed E-state index contributed by atoms with van der Waals surface area (Å²) in [5.41, 5.74) is 3.15. The van der Waals surface area contributed by atoms with Gasteiger partial charge in [-0.3, -0.25) is 14.7 Å². The molecule has 208 valence electrons. The number of nitrogens with zero attached hydrogens (tertiary/aromatic N) is 6. The molecule has 9 nitrogen and oxygen atoms in total. The zero-order valence-electron chi connectivity index (χ0n) is 22.8. The molecule has 1 atom stereocenters. The molecule has 38 heavy (non-hydrogen) atoms. The highest BCUT2D eigenvalue weighted by Gasteiger charge is 2.31. The van der Waals surface area contributed by atoms with Crippen LogP contribution in [0, 0.1) is 5.92 Å². The van der Waals surface area contributed by atoms with Crippen molar-refractivity contribution in [3.63, 3.8) is 0 Å². The number of anilines is 1. The molecular formula is C28H42N6O3S. The molecule has 1 aromatic heterocycles. The number of urea groups is 1. The van der Waals surface area contributed by atoms with Gasteiger partial charge in [-0.1, -0.05) is 19.1 Å². The highest BCUT2D eigenvalue weighted by atomic mass is 32.1. The van der Waals surface area contributed by atoms with Crippen LogP contribution < -0.4 is 4.90 Å². The summed E-state index contributed by atoms with van der Waals surface area (Å²) in [6, 6.07) is 4.06. The first-order valence-electron chi connectivity index (χ1n) is 13.8. The van der Waals surface area contributed by atoms with Crippen molar-refractivity contribution in [3.8, 4) is 0 Å². The third-order valence-electron chi connectivity index (χ3n) is 7.67. The summed E-state index contributed by atoms with van der Waals surface area (Å²) in [6.45, 7) is 11.7. The molecule has 1 N–H and O–H groups in total. The molecule has 3 aliphatic rings. The summed E-state index contributed by atoms with van der Waals surface area (Å²) in [4.78, 5) is 40.6. The van der Waals surface area contributed by atoms with Crippen molar-refractivity contribution in [2.24, 2.45) is 5.92 Å². The van der Waals surface area contributed by atoms with Crippen molar-refractivity contribution in [2.45, 2.75) is 33.2 Å². The van der Waals surface area contributed by atoms with Crippen LogP contribution >= 0.6 is 12.6 Å². The second-order valence-electron chi connectivity index (χ2n) is 10.5. The van der Waals surface area contributed by atoms with Crippen LogP contribution in [-0.4, -0.2) is 114 Å². The van der Waals surface area contributed by atoms with Crippen molar-refractivity contribution in [3.05, 3.63) is 46.7 Å². The van der Waals surface area contributed by atoms with Crippen molar-refractivity contribution in [1.29, 1.82) is 0 Å². The lowest BCUT2D eigenvalue weighted by Gasteiger charge is -2.35. The Morgan fingerprint density at radius 3 is 2.53 bits per heavy atom. The Labute approximate surface area is 232 Å². The Morgan fingerprint density at radius 1 is 1.11 bits per heavy atom. The van der Waals surface area contributed by atoms with Gasteiger partial charge in [0.1, 0.15) is 0 Å². The van der Waals surface area contributed by atoms with Crippen LogP contribution in [0.15, 0.2) is 41.0 Å². The molecule has 1 unspecified atom stereocenters. The molecule has 0 aromatic carbocycles. The van der Waals surface area contributed by atoms with Gasteiger partial charge in [-0.2, -0.15) is 0 Å². The van der Waals surface area contributed by atoms with E-state index < -0.39 is 0 Å². The van der Waals surface area contributed by atoms with Gasteiger partial charge >= 0.3 is 6.03 Å². The van der Waals surface area contributed by atoms with Crippen LogP contribution in [0.25, 0.3) is 0 Å². The average Bonchev–Trinajstić information content (AvgIpc) is 3.27. The average molecular weight is 543 g/mol. The first kappa shape index (κ1) is 28.4. The molecule has 0 radical (unpaired) electrons. The Bertz CT molecular complexity index is 1020. The molecule has 2 fully saturated rings. The van der Waals surface area contributed by atoms with E-state index in [9.17, 15) is 14.7 Å². The topological polar surface area (TPSA) is 83.5 Å². The van der Waals surface area contributed by atoms with Crippen molar-refractivity contribution < 1.29 is 14.7 Å². The minimum absolute atomic E-state index is 0.0115. The number of allylic oxidation sites excluding steroid dienone is 1. The van der Waals surface area contributed by atoms with Gasteiger partial charge in [0.15, 0.2) is 0 Å². The zero-order valence-corrected chi connectivity index (χ0v) is 23.7. The maximum atomic E-state index is 13.1. The highest BCUT2D eigenvalue weighted by Crippen LogP contribution is 2.24. The lowest BCUT2D eigenvalue weighted by Crippen LogP contribution is -2.48. The van der Waals surface area contributed by atoms with Crippen molar-refractivity contribution in [2.75, 3.05) is 77.0 Å². The number of hydrogen-bond donors (Lipinski definition) is 2. The van der Waals surface area contributed by atoms with Crippen LogP contribution in [0.3, 0.4) is 0 Å². The molecular weight excluding hydrogens is 500 g/mol. The van der Waals surface area contributed by atoms with E-state index in [1.54, 1.807) is 6.92 Å². The summed E-state index contributed by atoms with van der Waals surface area (Å²) in [6.07, 6.45) is 8.11. The van der Waals surface area contributed by atoms with Gasteiger partial charge in [0.05, 0.1) is 24.1 Å². The van der Waals surface area contributed by atoms with Gasteiger partial charge in [0, 0.05) is 84.9 Å². The van der Waals surface area contributed by atoms with Gasteiger partial charge in [0.2, 0.25) is 5.91 Å².